The lowest BCUT2D eigenvalue weighted by Crippen LogP contribution is -1.96. The van der Waals surface area contributed by atoms with E-state index in [0.717, 1.165) is 44.8 Å². The zero-order valence-electron chi connectivity index (χ0n) is 33.0. The summed E-state index contributed by atoms with van der Waals surface area (Å²) in [6.07, 6.45) is 0. The van der Waals surface area contributed by atoms with Gasteiger partial charge in [-0.15, -0.1) is 0 Å². The second kappa shape index (κ2) is 16.5. The molecular formula is C58H40N2. The van der Waals surface area contributed by atoms with E-state index in [1.807, 2.05) is 0 Å². The molecule has 0 unspecified atom stereocenters. The SMILES string of the molecule is c1ccc(-c2cccc(-c3ccc(-c4cc(-c5ccc(-c6cccc(-c7ccccc7)c6)cc5)nc(-c5ccc(-c6cccc(-c7ccccc7)c6)cc5)n4)cc3)c2)cc1. The number of nitrogens with zero attached hydrogens (tertiary/aromatic N) is 2. The number of hydrogen-bond donors (Lipinski definition) is 0. The molecule has 0 bridgehead atoms. The van der Waals surface area contributed by atoms with Crippen LogP contribution < -0.4 is 0 Å². The predicted octanol–water partition coefficient (Wildman–Crippen LogP) is 15.5. The molecule has 1 heterocycles. The standard InChI is InChI=1S/C58H40N2/c1-4-13-41(14-5-1)50-19-10-22-53(37-50)44-25-31-47(32-26-44)56-40-57(48-33-27-45(28-34-48)54-23-11-20-51(38-54)42-15-6-2-7-16-42)60-58(59-56)49-35-29-46(30-36-49)55-24-12-21-52(39-55)43-17-8-3-9-18-43/h1-40H. The number of rotatable bonds is 9. The highest BCUT2D eigenvalue weighted by Crippen LogP contribution is 2.34. The average Bonchev–Trinajstić information content (AvgIpc) is 3.35. The van der Waals surface area contributed by atoms with Crippen molar-refractivity contribution in [3.63, 3.8) is 0 Å². The summed E-state index contributed by atoms with van der Waals surface area (Å²) in [6.45, 7) is 0. The van der Waals surface area contributed by atoms with Gasteiger partial charge in [0, 0.05) is 16.7 Å². The van der Waals surface area contributed by atoms with Crippen molar-refractivity contribution in [3.05, 3.63) is 243 Å². The summed E-state index contributed by atoms with van der Waals surface area (Å²) in [5.41, 5.74) is 19.0. The van der Waals surface area contributed by atoms with Gasteiger partial charge in [0.1, 0.15) is 0 Å². The lowest BCUT2D eigenvalue weighted by Gasteiger charge is -2.12. The lowest BCUT2D eigenvalue weighted by molar-refractivity contribution is 1.18. The molecule has 0 amide bonds. The Morgan fingerprint density at radius 3 is 0.700 bits per heavy atom. The summed E-state index contributed by atoms with van der Waals surface area (Å²) in [4.78, 5) is 10.4. The Kier molecular flexibility index (Phi) is 10.0. The molecule has 0 fully saturated rings. The monoisotopic (exact) mass is 764 g/mol. The Labute approximate surface area is 351 Å². The van der Waals surface area contributed by atoms with Gasteiger partial charge in [-0.2, -0.15) is 0 Å². The normalized spacial score (nSPS) is 11.0. The topological polar surface area (TPSA) is 25.8 Å². The summed E-state index contributed by atoms with van der Waals surface area (Å²) in [5.74, 6) is 0.686. The van der Waals surface area contributed by atoms with Gasteiger partial charge in [-0.25, -0.2) is 9.97 Å². The first-order chi connectivity index (χ1) is 29.7. The highest BCUT2D eigenvalue weighted by molar-refractivity contribution is 5.80. The van der Waals surface area contributed by atoms with Gasteiger partial charge < -0.3 is 0 Å². The highest BCUT2D eigenvalue weighted by Gasteiger charge is 2.13. The van der Waals surface area contributed by atoms with Gasteiger partial charge >= 0.3 is 0 Å². The molecule has 1 aromatic heterocycles. The van der Waals surface area contributed by atoms with E-state index in [-0.39, 0.29) is 0 Å². The Balaban J connectivity index is 0.997. The maximum atomic E-state index is 5.20. The summed E-state index contributed by atoms with van der Waals surface area (Å²) in [5, 5.41) is 0. The van der Waals surface area contributed by atoms with Crippen LogP contribution in [0.15, 0.2) is 243 Å². The molecular weight excluding hydrogens is 725 g/mol. The summed E-state index contributed by atoms with van der Waals surface area (Å²) in [6, 6.07) is 85.9. The first-order valence-electron chi connectivity index (χ1n) is 20.4. The summed E-state index contributed by atoms with van der Waals surface area (Å²) >= 11 is 0. The largest absolute Gasteiger partial charge is 0.228 e. The molecule has 0 saturated heterocycles. The third-order valence-electron chi connectivity index (χ3n) is 11.1. The van der Waals surface area contributed by atoms with Crippen LogP contribution in [0.3, 0.4) is 0 Å². The first-order valence-corrected chi connectivity index (χ1v) is 20.4. The van der Waals surface area contributed by atoms with Crippen LogP contribution >= 0.6 is 0 Å². The molecule has 0 saturated carbocycles. The van der Waals surface area contributed by atoms with Crippen molar-refractivity contribution in [2.45, 2.75) is 0 Å². The van der Waals surface area contributed by atoms with Crippen LogP contribution in [0.25, 0.3) is 101 Å². The smallest absolute Gasteiger partial charge is 0.160 e. The van der Waals surface area contributed by atoms with E-state index in [0.29, 0.717) is 5.82 Å². The molecule has 282 valence electrons. The van der Waals surface area contributed by atoms with Crippen LogP contribution in [0, 0.1) is 0 Å². The number of benzene rings is 9. The fourth-order valence-electron chi connectivity index (χ4n) is 7.88. The second-order valence-electron chi connectivity index (χ2n) is 15.0. The van der Waals surface area contributed by atoms with Crippen LogP contribution in [-0.2, 0) is 0 Å². The third-order valence-corrected chi connectivity index (χ3v) is 11.1. The fraction of sp³-hybridized carbons (Fsp3) is 0. The van der Waals surface area contributed by atoms with Crippen molar-refractivity contribution < 1.29 is 0 Å². The molecule has 0 spiro atoms. The van der Waals surface area contributed by atoms with Crippen LogP contribution in [-0.4, -0.2) is 9.97 Å². The molecule has 0 atom stereocenters. The van der Waals surface area contributed by atoms with Crippen molar-refractivity contribution >= 4 is 0 Å². The molecule has 10 aromatic rings. The Morgan fingerprint density at radius 1 is 0.167 bits per heavy atom. The number of hydrogen-bond acceptors (Lipinski definition) is 2. The van der Waals surface area contributed by atoms with Gasteiger partial charge in [-0.05, 0) is 91.0 Å². The van der Waals surface area contributed by atoms with E-state index in [4.69, 9.17) is 9.97 Å². The van der Waals surface area contributed by atoms with Gasteiger partial charge in [0.15, 0.2) is 5.82 Å². The zero-order chi connectivity index (χ0) is 40.1. The van der Waals surface area contributed by atoms with Crippen molar-refractivity contribution in [1.82, 2.24) is 9.97 Å². The van der Waals surface area contributed by atoms with Crippen LogP contribution in [0.2, 0.25) is 0 Å². The molecule has 9 aromatic carbocycles. The Morgan fingerprint density at radius 2 is 0.400 bits per heavy atom. The average molecular weight is 765 g/mol. The minimum atomic E-state index is 0.686. The molecule has 60 heavy (non-hydrogen) atoms. The molecule has 10 rings (SSSR count). The van der Waals surface area contributed by atoms with Crippen LogP contribution in [0.4, 0.5) is 0 Å². The fourth-order valence-corrected chi connectivity index (χ4v) is 7.88. The van der Waals surface area contributed by atoms with E-state index in [2.05, 4.69) is 243 Å². The van der Waals surface area contributed by atoms with E-state index < -0.39 is 0 Å². The molecule has 2 heteroatoms. The molecule has 0 aliphatic rings. The minimum Gasteiger partial charge on any atom is -0.228 e. The molecule has 2 nitrogen and oxygen atoms in total. The van der Waals surface area contributed by atoms with Crippen molar-refractivity contribution in [1.29, 1.82) is 0 Å². The van der Waals surface area contributed by atoms with Gasteiger partial charge in [0.2, 0.25) is 0 Å². The van der Waals surface area contributed by atoms with Gasteiger partial charge in [-0.1, -0.05) is 218 Å². The van der Waals surface area contributed by atoms with E-state index >= 15 is 0 Å². The highest BCUT2D eigenvalue weighted by atomic mass is 14.9. The summed E-state index contributed by atoms with van der Waals surface area (Å²) < 4.78 is 0. The Bertz CT molecular complexity index is 2680. The minimum absolute atomic E-state index is 0.686. The predicted molar refractivity (Wildman–Crippen MR) is 251 cm³/mol. The van der Waals surface area contributed by atoms with E-state index in [1.165, 1.54) is 50.1 Å². The van der Waals surface area contributed by atoms with E-state index in [1.54, 1.807) is 0 Å². The molecule has 0 radical (unpaired) electrons. The maximum absolute atomic E-state index is 5.20. The van der Waals surface area contributed by atoms with Crippen LogP contribution in [0.5, 0.6) is 0 Å². The van der Waals surface area contributed by atoms with Gasteiger partial charge in [0.25, 0.3) is 0 Å². The van der Waals surface area contributed by atoms with Crippen molar-refractivity contribution in [2.24, 2.45) is 0 Å². The van der Waals surface area contributed by atoms with Gasteiger partial charge in [-0.3, -0.25) is 0 Å². The number of aromatic nitrogens is 2. The first kappa shape index (κ1) is 36.4. The molecule has 0 N–H and O–H groups in total. The second-order valence-corrected chi connectivity index (χ2v) is 15.0. The molecule has 0 aliphatic heterocycles. The van der Waals surface area contributed by atoms with E-state index in [9.17, 15) is 0 Å². The summed E-state index contributed by atoms with van der Waals surface area (Å²) in [7, 11) is 0. The van der Waals surface area contributed by atoms with Gasteiger partial charge in [0.05, 0.1) is 11.4 Å². The van der Waals surface area contributed by atoms with Crippen LogP contribution in [0.1, 0.15) is 0 Å². The zero-order valence-corrected chi connectivity index (χ0v) is 33.0. The quantitative estimate of drug-likeness (QED) is 0.146. The maximum Gasteiger partial charge on any atom is 0.160 e. The molecule has 0 aliphatic carbocycles. The lowest BCUT2D eigenvalue weighted by atomic mass is 9.97. The van der Waals surface area contributed by atoms with Crippen molar-refractivity contribution in [3.8, 4) is 101 Å². The third kappa shape index (κ3) is 7.83. The van der Waals surface area contributed by atoms with Crippen molar-refractivity contribution in [2.75, 3.05) is 0 Å². The Hall–Kier alpha value is -7.94.